The Balaban J connectivity index is 2.23. The minimum atomic E-state index is -0.403. The number of ether oxygens (including phenoxy) is 1. The zero-order chi connectivity index (χ0) is 11.4. The molecule has 0 amide bonds. The lowest BCUT2D eigenvalue weighted by Gasteiger charge is -2.11. The number of halogens is 1. The molecule has 2 nitrogen and oxygen atoms in total. The summed E-state index contributed by atoms with van der Waals surface area (Å²) in [5.74, 6) is 0.835. The largest absolute Gasteiger partial charge is 0.490 e. The molecule has 0 saturated heterocycles. The Morgan fingerprint density at radius 2 is 1.88 bits per heavy atom. The summed E-state index contributed by atoms with van der Waals surface area (Å²) >= 11 is 2.14. The Labute approximate surface area is 108 Å². The van der Waals surface area contributed by atoms with Crippen LogP contribution in [0.3, 0.4) is 0 Å². The summed E-state index contributed by atoms with van der Waals surface area (Å²) in [5.41, 5.74) is 0. The SMILES string of the molecule is OC(CI)COc1cccc2ccccc12. The van der Waals surface area contributed by atoms with Crippen molar-refractivity contribution in [2.24, 2.45) is 0 Å². The minimum absolute atomic E-state index is 0.344. The van der Waals surface area contributed by atoms with Gasteiger partial charge in [-0.3, -0.25) is 0 Å². The Morgan fingerprint density at radius 3 is 2.69 bits per heavy atom. The molecule has 0 radical (unpaired) electrons. The number of aliphatic hydroxyl groups is 1. The van der Waals surface area contributed by atoms with E-state index in [1.807, 2.05) is 30.3 Å². The molecule has 0 heterocycles. The molecule has 0 aromatic heterocycles. The summed E-state index contributed by atoms with van der Waals surface area (Å²) in [6, 6.07) is 14.0. The molecule has 84 valence electrons. The Morgan fingerprint density at radius 1 is 1.12 bits per heavy atom. The third-order valence-electron chi connectivity index (χ3n) is 2.36. The summed E-state index contributed by atoms with van der Waals surface area (Å²) in [7, 11) is 0. The first-order valence-corrected chi connectivity index (χ1v) is 6.68. The van der Waals surface area contributed by atoms with Crippen LogP contribution in [0.2, 0.25) is 0 Å². The number of fused-ring (bicyclic) bond motifs is 1. The monoisotopic (exact) mass is 328 g/mol. The Kier molecular flexibility index (Phi) is 4.01. The van der Waals surface area contributed by atoms with Crippen molar-refractivity contribution in [2.45, 2.75) is 6.10 Å². The van der Waals surface area contributed by atoms with Crippen LogP contribution in [0.5, 0.6) is 5.75 Å². The van der Waals surface area contributed by atoms with Gasteiger partial charge in [-0.1, -0.05) is 59.0 Å². The van der Waals surface area contributed by atoms with Gasteiger partial charge in [0.05, 0.1) is 6.10 Å². The molecule has 2 rings (SSSR count). The topological polar surface area (TPSA) is 29.5 Å². The fourth-order valence-electron chi connectivity index (χ4n) is 1.55. The molecule has 0 saturated carbocycles. The van der Waals surface area contributed by atoms with Gasteiger partial charge in [0.2, 0.25) is 0 Å². The first kappa shape index (κ1) is 11.7. The zero-order valence-electron chi connectivity index (χ0n) is 8.77. The smallest absolute Gasteiger partial charge is 0.127 e. The molecule has 2 aromatic carbocycles. The first-order valence-electron chi connectivity index (χ1n) is 5.16. The fourth-order valence-corrected chi connectivity index (χ4v) is 1.81. The fraction of sp³-hybridized carbons (Fsp3) is 0.231. The van der Waals surface area contributed by atoms with Gasteiger partial charge in [-0.05, 0) is 11.5 Å². The standard InChI is InChI=1S/C13H13IO2/c14-8-11(15)9-16-13-7-3-5-10-4-1-2-6-12(10)13/h1-7,11,15H,8-9H2. The van der Waals surface area contributed by atoms with E-state index in [0.29, 0.717) is 11.0 Å². The quantitative estimate of drug-likeness (QED) is 0.691. The predicted octanol–water partition coefficient (Wildman–Crippen LogP) is 3.01. The maximum Gasteiger partial charge on any atom is 0.127 e. The molecular formula is C13H13IO2. The van der Waals surface area contributed by atoms with Crippen LogP contribution in [0.1, 0.15) is 0 Å². The lowest BCUT2D eigenvalue weighted by Crippen LogP contribution is -2.18. The second-order valence-electron chi connectivity index (χ2n) is 3.60. The van der Waals surface area contributed by atoms with Gasteiger partial charge in [0.25, 0.3) is 0 Å². The van der Waals surface area contributed by atoms with E-state index in [9.17, 15) is 5.11 Å². The van der Waals surface area contributed by atoms with Gasteiger partial charge in [-0.15, -0.1) is 0 Å². The number of hydrogen-bond donors (Lipinski definition) is 1. The van der Waals surface area contributed by atoms with Crippen molar-refractivity contribution in [3.63, 3.8) is 0 Å². The van der Waals surface area contributed by atoms with Crippen molar-refractivity contribution in [1.82, 2.24) is 0 Å². The van der Waals surface area contributed by atoms with E-state index in [-0.39, 0.29) is 0 Å². The van der Waals surface area contributed by atoms with E-state index in [4.69, 9.17) is 4.74 Å². The maximum absolute atomic E-state index is 9.46. The number of aliphatic hydroxyl groups excluding tert-OH is 1. The van der Waals surface area contributed by atoms with Crippen LogP contribution in [0.15, 0.2) is 42.5 Å². The zero-order valence-corrected chi connectivity index (χ0v) is 10.9. The number of hydrogen-bond acceptors (Lipinski definition) is 2. The van der Waals surface area contributed by atoms with Gasteiger partial charge in [0.15, 0.2) is 0 Å². The summed E-state index contributed by atoms with van der Waals surface area (Å²) in [5, 5.41) is 11.7. The van der Waals surface area contributed by atoms with Crippen molar-refractivity contribution < 1.29 is 9.84 Å². The number of benzene rings is 2. The average Bonchev–Trinajstić information content (AvgIpc) is 2.35. The van der Waals surface area contributed by atoms with Gasteiger partial charge in [-0.25, -0.2) is 0 Å². The van der Waals surface area contributed by atoms with Crippen molar-refractivity contribution in [2.75, 3.05) is 11.0 Å². The summed E-state index contributed by atoms with van der Waals surface area (Å²) in [6.07, 6.45) is -0.403. The molecule has 0 fully saturated rings. The van der Waals surface area contributed by atoms with Crippen LogP contribution >= 0.6 is 22.6 Å². The van der Waals surface area contributed by atoms with E-state index < -0.39 is 6.10 Å². The molecule has 3 heteroatoms. The molecule has 1 N–H and O–H groups in total. The lowest BCUT2D eigenvalue weighted by atomic mass is 10.1. The maximum atomic E-state index is 9.46. The second kappa shape index (κ2) is 5.50. The summed E-state index contributed by atoms with van der Waals surface area (Å²) in [6.45, 7) is 0.344. The van der Waals surface area contributed by atoms with Crippen LogP contribution in [0.25, 0.3) is 10.8 Å². The summed E-state index contributed by atoms with van der Waals surface area (Å²) < 4.78 is 6.30. The van der Waals surface area contributed by atoms with E-state index in [1.54, 1.807) is 0 Å². The highest BCUT2D eigenvalue weighted by Gasteiger charge is 2.05. The van der Waals surface area contributed by atoms with E-state index in [2.05, 4.69) is 34.7 Å². The molecule has 1 atom stereocenters. The highest BCUT2D eigenvalue weighted by Crippen LogP contribution is 2.25. The van der Waals surface area contributed by atoms with Crippen LogP contribution in [-0.4, -0.2) is 22.2 Å². The van der Waals surface area contributed by atoms with Crippen molar-refractivity contribution in [3.8, 4) is 5.75 Å². The molecule has 2 aromatic rings. The van der Waals surface area contributed by atoms with Gasteiger partial charge >= 0.3 is 0 Å². The van der Waals surface area contributed by atoms with Gasteiger partial charge in [0, 0.05) is 9.81 Å². The Hall–Kier alpha value is -0.810. The third-order valence-corrected chi connectivity index (χ3v) is 3.38. The molecule has 0 aliphatic rings. The van der Waals surface area contributed by atoms with E-state index in [0.717, 1.165) is 16.5 Å². The van der Waals surface area contributed by atoms with Crippen LogP contribution in [0, 0.1) is 0 Å². The molecule has 0 aliphatic heterocycles. The molecule has 0 aliphatic carbocycles. The van der Waals surface area contributed by atoms with Crippen LogP contribution < -0.4 is 4.74 Å². The van der Waals surface area contributed by atoms with Gasteiger partial charge in [0.1, 0.15) is 12.4 Å². The van der Waals surface area contributed by atoms with Gasteiger partial charge in [-0.2, -0.15) is 0 Å². The molecular weight excluding hydrogens is 315 g/mol. The minimum Gasteiger partial charge on any atom is -0.490 e. The highest BCUT2D eigenvalue weighted by molar-refractivity contribution is 14.1. The predicted molar refractivity (Wildman–Crippen MR) is 74.3 cm³/mol. The molecule has 0 spiro atoms. The van der Waals surface area contributed by atoms with E-state index in [1.165, 1.54) is 0 Å². The Bertz CT molecular complexity index is 465. The molecule has 16 heavy (non-hydrogen) atoms. The summed E-state index contributed by atoms with van der Waals surface area (Å²) in [4.78, 5) is 0. The van der Waals surface area contributed by atoms with Crippen LogP contribution in [-0.2, 0) is 0 Å². The second-order valence-corrected chi connectivity index (χ2v) is 4.48. The molecule has 0 bridgehead atoms. The normalized spacial score (nSPS) is 12.6. The van der Waals surface area contributed by atoms with Crippen molar-refractivity contribution in [3.05, 3.63) is 42.5 Å². The van der Waals surface area contributed by atoms with E-state index >= 15 is 0 Å². The lowest BCUT2D eigenvalue weighted by molar-refractivity contribution is 0.129. The highest BCUT2D eigenvalue weighted by atomic mass is 127. The van der Waals surface area contributed by atoms with Crippen molar-refractivity contribution >= 4 is 33.4 Å². The van der Waals surface area contributed by atoms with Crippen LogP contribution in [0.4, 0.5) is 0 Å². The average molecular weight is 328 g/mol. The number of alkyl halides is 1. The first-order chi connectivity index (χ1) is 7.81. The molecule has 1 unspecified atom stereocenters. The number of rotatable bonds is 4. The third kappa shape index (κ3) is 2.65. The van der Waals surface area contributed by atoms with Gasteiger partial charge < -0.3 is 9.84 Å². The van der Waals surface area contributed by atoms with Crippen molar-refractivity contribution in [1.29, 1.82) is 0 Å².